The predicted octanol–water partition coefficient (Wildman–Crippen LogP) is 2.43. The van der Waals surface area contributed by atoms with Gasteiger partial charge >= 0.3 is 0 Å². The molecule has 0 aliphatic rings. The summed E-state index contributed by atoms with van der Waals surface area (Å²) in [5.41, 5.74) is 5.92. The lowest BCUT2D eigenvalue weighted by Gasteiger charge is -2.01. The van der Waals surface area contributed by atoms with E-state index in [2.05, 4.69) is 5.16 Å². The van der Waals surface area contributed by atoms with Gasteiger partial charge in [0.2, 0.25) is 0 Å². The molecule has 3 nitrogen and oxygen atoms in total. The van der Waals surface area contributed by atoms with Crippen LogP contribution in [0.15, 0.2) is 17.3 Å². The molecule has 0 bridgehead atoms. The number of rotatable bonds is 3. The highest BCUT2D eigenvalue weighted by Gasteiger charge is 2.04. The molecule has 0 unspecified atom stereocenters. The second-order valence-electron chi connectivity index (χ2n) is 2.55. The molecule has 1 aromatic rings. The van der Waals surface area contributed by atoms with Crippen LogP contribution in [0.3, 0.4) is 0 Å². The Balaban J connectivity index is 2.92. The third-order valence-electron chi connectivity index (χ3n) is 1.51. The largest absolute Gasteiger partial charge is 0.396 e. The molecule has 1 aromatic carbocycles. The maximum Gasteiger partial charge on any atom is 0.147 e. The zero-order valence-corrected chi connectivity index (χ0v) is 8.38. The summed E-state index contributed by atoms with van der Waals surface area (Å²) in [5, 5.41) is 3.85. The summed E-state index contributed by atoms with van der Waals surface area (Å²) in [7, 11) is 0. The molecular formula is C9H10ClFN2O. The Morgan fingerprint density at radius 1 is 1.64 bits per heavy atom. The predicted molar refractivity (Wildman–Crippen MR) is 55.0 cm³/mol. The molecule has 0 saturated heterocycles. The highest BCUT2D eigenvalue weighted by atomic mass is 35.5. The van der Waals surface area contributed by atoms with Gasteiger partial charge in [0, 0.05) is 5.56 Å². The summed E-state index contributed by atoms with van der Waals surface area (Å²) in [6.07, 6.45) is 1.39. The van der Waals surface area contributed by atoms with Crippen LogP contribution in [0.4, 0.5) is 10.1 Å². The van der Waals surface area contributed by atoms with E-state index in [0.29, 0.717) is 12.2 Å². The van der Waals surface area contributed by atoms with Gasteiger partial charge in [-0.2, -0.15) is 0 Å². The number of oxime groups is 1. The van der Waals surface area contributed by atoms with Crippen LogP contribution >= 0.6 is 11.6 Å². The highest BCUT2D eigenvalue weighted by Crippen LogP contribution is 2.20. The van der Waals surface area contributed by atoms with Crippen molar-refractivity contribution in [3.8, 4) is 0 Å². The second-order valence-corrected chi connectivity index (χ2v) is 2.95. The summed E-state index contributed by atoms with van der Waals surface area (Å²) < 4.78 is 12.9. The number of halogens is 2. The minimum atomic E-state index is -0.538. The number of hydrogen-bond acceptors (Lipinski definition) is 3. The number of anilines is 1. The molecule has 5 heteroatoms. The van der Waals surface area contributed by atoms with E-state index in [9.17, 15) is 4.39 Å². The smallest absolute Gasteiger partial charge is 0.147 e. The molecular weight excluding hydrogens is 207 g/mol. The zero-order valence-electron chi connectivity index (χ0n) is 7.63. The van der Waals surface area contributed by atoms with E-state index in [0.717, 1.165) is 6.07 Å². The van der Waals surface area contributed by atoms with Gasteiger partial charge in [-0.05, 0) is 19.1 Å². The Morgan fingerprint density at radius 2 is 2.36 bits per heavy atom. The van der Waals surface area contributed by atoms with Crippen molar-refractivity contribution in [1.82, 2.24) is 0 Å². The average molecular weight is 217 g/mol. The first kappa shape index (κ1) is 10.8. The van der Waals surface area contributed by atoms with Crippen LogP contribution in [0, 0.1) is 5.82 Å². The second kappa shape index (κ2) is 4.81. The van der Waals surface area contributed by atoms with Crippen molar-refractivity contribution >= 4 is 23.5 Å². The minimum absolute atomic E-state index is 0.0346. The van der Waals surface area contributed by atoms with Gasteiger partial charge in [-0.15, -0.1) is 0 Å². The zero-order chi connectivity index (χ0) is 10.6. The molecule has 0 spiro atoms. The lowest BCUT2D eigenvalue weighted by Crippen LogP contribution is -1.94. The van der Waals surface area contributed by atoms with Crippen molar-refractivity contribution in [3.63, 3.8) is 0 Å². The molecule has 0 aromatic heterocycles. The minimum Gasteiger partial charge on any atom is -0.396 e. The monoisotopic (exact) mass is 216 g/mol. The van der Waals surface area contributed by atoms with Crippen LogP contribution in [-0.2, 0) is 4.84 Å². The molecule has 76 valence electrons. The first-order chi connectivity index (χ1) is 6.65. The van der Waals surface area contributed by atoms with Crippen LogP contribution < -0.4 is 5.73 Å². The van der Waals surface area contributed by atoms with Crippen molar-refractivity contribution in [3.05, 3.63) is 28.5 Å². The van der Waals surface area contributed by atoms with Crippen molar-refractivity contribution in [2.45, 2.75) is 6.92 Å². The lowest BCUT2D eigenvalue weighted by atomic mass is 10.2. The standard InChI is InChI=1S/C9H10ClFN2O/c1-2-14-13-5-6-3-9(12)8(11)4-7(6)10/h3-5H,2,12H2,1H3. The summed E-state index contributed by atoms with van der Waals surface area (Å²) in [4.78, 5) is 4.74. The first-order valence-corrected chi connectivity index (χ1v) is 4.42. The van der Waals surface area contributed by atoms with Crippen molar-refractivity contribution < 1.29 is 9.23 Å². The molecule has 0 heterocycles. The Bertz CT molecular complexity index is 355. The maximum absolute atomic E-state index is 12.9. The van der Waals surface area contributed by atoms with E-state index in [1.165, 1.54) is 12.3 Å². The Hall–Kier alpha value is -1.29. The summed E-state index contributed by atoms with van der Waals surface area (Å²) in [6, 6.07) is 2.55. The Kier molecular flexibility index (Phi) is 3.71. The third-order valence-corrected chi connectivity index (χ3v) is 1.84. The van der Waals surface area contributed by atoms with Crippen molar-refractivity contribution in [2.24, 2.45) is 5.16 Å². The van der Waals surface area contributed by atoms with Gasteiger partial charge in [0.05, 0.1) is 16.9 Å². The number of hydrogen-bond donors (Lipinski definition) is 1. The Labute approximate surface area is 86.3 Å². The molecule has 0 aliphatic heterocycles. The van der Waals surface area contributed by atoms with Crippen LogP contribution in [-0.4, -0.2) is 12.8 Å². The number of nitrogens with two attached hydrogens (primary N) is 1. The van der Waals surface area contributed by atoms with Crippen LogP contribution in [0.25, 0.3) is 0 Å². The van der Waals surface area contributed by atoms with Gasteiger partial charge in [-0.1, -0.05) is 16.8 Å². The first-order valence-electron chi connectivity index (χ1n) is 4.05. The van der Waals surface area contributed by atoms with Gasteiger partial charge in [-0.3, -0.25) is 0 Å². The van der Waals surface area contributed by atoms with E-state index >= 15 is 0 Å². The van der Waals surface area contributed by atoms with Gasteiger partial charge in [0.15, 0.2) is 0 Å². The molecule has 0 amide bonds. The fourth-order valence-electron chi connectivity index (χ4n) is 0.851. The SMILES string of the molecule is CCON=Cc1cc(N)c(F)cc1Cl. The fraction of sp³-hybridized carbons (Fsp3) is 0.222. The highest BCUT2D eigenvalue weighted by molar-refractivity contribution is 6.33. The van der Waals surface area contributed by atoms with E-state index in [1.807, 2.05) is 0 Å². The van der Waals surface area contributed by atoms with Gasteiger partial charge in [0.25, 0.3) is 0 Å². The van der Waals surface area contributed by atoms with E-state index in [4.69, 9.17) is 22.2 Å². The van der Waals surface area contributed by atoms with Gasteiger partial charge in [-0.25, -0.2) is 4.39 Å². The number of nitrogens with zero attached hydrogens (tertiary/aromatic N) is 1. The molecule has 14 heavy (non-hydrogen) atoms. The van der Waals surface area contributed by atoms with Gasteiger partial charge < -0.3 is 10.6 Å². The maximum atomic E-state index is 12.9. The quantitative estimate of drug-likeness (QED) is 0.479. The molecule has 0 fully saturated rings. The van der Waals surface area contributed by atoms with E-state index in [1.54, 1.807) is 6.92 Å². The molecule has 2 N–H and O–H groups in total. The summed E-state index contributed by atoms with van der Waals surface area (Å²) in [6.45, 7) is 2.27. The number of benzene rings is 1. The van der Waals surface area contributed by atoms with E-state index in [-0.39, 0.29) is 10.7 Å². The summed E-state index contributed by atoms with van der Waals surface area (Å²) >= 11 is 5.74. The molecule has 0 saturated carbocycles. The molecule has 0 atom stereocenters. The number of nitrogen functional groups attached to an aromatic ring is 1. The Morgan fingerprint density at radius 3 is 3.00 bits per heavy atom. The van der Waals surface area contributed by atoms with Crippen LogP contribution in [0.2, 0.25) is 5.02 Å². The van der Waals surface area contributed by atoms with E-state index < -0.39 is 5.82 Å². The van der Waals surface area contributed by atoms with Gasteiger partial charge in [0.1, 0.15) is 12.4 Å². The molecule has 1 rings (SSSR count). The van der Waals surface area contributed by atoms with Crippen LogP contribution in [0.5, 0.6) is 0 Å². The topological polar surface area (TPSA) is 47.6 Å². The van der Waals surface area contributed by atoms with Crippen molar-refractivity contribution in [2.75, 3.05) is 12.3 Å². The fourth-order valence-corrected chi connectivity index (χ4v) is 1.05. The molecule has 0 aliphatic carbocycles. The normalized spacial score (nSPS) is 10.8. The molecule has 0 radical (unpaired) electrons. The van der Waals surface area contributed by atoms with Crippen LogP contribution in [0.1, 0.15) is 12.5 Å². The van der Waals surface area contributed by atoms with Crippen molar-refractivity contribution in [1.29, 1.82) is 0 Å². The summed E-state index contributed by atoms with van der Waals surface area (Å²) in [5.74, 6) is -0.538. The average Bonchev–Trinajstić information content (AvgIpc) is 2.14. The third kappa shape index (κ3) is 2.60. The lowest BCUT2D eigenvalue weighted by molar-refractivity contribution is 0.160.